The maximum absolute atomic E-state index is 12.5. The van der Waals surface area contributed by atoms with E-state index >= 15 is 0 Å². The molecule has 0 radical (unpaired) electrons. The van der Waals surface area contributed by atoms with Crippen molar-refractivity contribution in [2.45, 2.75) is 469 Å². The highest BCUT2D eigenvalue weighted by atomic mass is 16.5. The third-order valence-electron chi connectivity index (χ3n) is 18.8. The maximum Gasteiger partial charge on any atom is 0.305 e. The van der Waals surface area contributed by atoms with Gasteiger partial charge in [0, 0.05) is 12.8 Å². The van der Waals surface area contributed by atoms with Gasteiger partial charge >= 0.3 is 5.97 Å². The number of esters is 1. The number of carbonyl (C=O) groups is 2. The van der Waals surface area contributed by atoms with Crippen molar-refractivity contribution in [3.05, 3.63) is 12.2 Å². The van der Waals surface area contributed by atoms with Gasteiger partial charge in [-0.15, -0.1) is 0 Å². The van der Waals surface area contributed by atoms with Crippen LogP contribution in [0.15, 0.2) is 12.2 Å². The van der Waals surface area contributed by atoms with E-state index in [1.807, 2.05) is 6.08 Å². The second kappa shape index (κ2) is 75.1. The third-order valence-corrected chi connectivity index (χ3v) is 18.8. The molecule has 0 aliphatic rings. The first kappa shape index (κ1) is 83.6. The van der Waals surface area contributed by atoms with Crippen molar-refractivity contribution in [1.29, 1.82) is 0 Å². The lowest BCUT2D eigenvalue weighted by molar-refractivity contribution is -0.143. The lowest BCUT2D eigenvalue weighted by Crippen LogP contribution is -2.45. The number of nitrogens with one attached hydrogen (secondary N) is 1. The zero-order valence-electron chi connectivity index (χ0n) is 58.1. The summed E-state index contributed by atoms with van der Waals surface area (Å²) < 4.78 is 5.51. The largest absolute Gasteiger partial charge is 0.466 e. The molecule has 0 aromatic carbocycles. The summed E-state index contributed by atoms with van der Waals surface area (Å²) in [5, 5.41) is 23.3. The van der Waals surface area contributed by atoms with Crippen LogP contribution in [0.4, 0.5) is 0 Å². The molecule has 0 saturated carbocycles. The number of aliphatic hydroxyl groups is 2. The summed E-state index contributed by atoms with van der Waals surface area (Å²) >= 11 is 0. The summed E-state index contributed by atoms with van der Waals surface area (Å²) in [6.45, 7) is 4.97. The van der Waals surface area contributed by atoms with Crippen LogP contribution in [0.2, 0.25) is 0 Å². The fourth-order valence-corrected chi connectivity index (χ4v) is 12.8. The number of hydrogen-bond donors (Lipinski definition) is 3. The van der Waals surface area contributed by atoms with Crippen molar-refractivity contribution in [1.82, 2.24) is 5.32 Å². The zero-order chi connectivity index (χ0) is 61.3. The van der Waals surface area contributed by atoms with Crippen LogP contribution in [0.3, 0.4) is 0 Å². The number of unbranched alkanes of at least 4 members (excludes halogenated alkanes) is 64. The average molecular weight is 1200 g/mol. The Hall–Kier alpha value is -1.40. The lowest BCUT2D eigenvalue weighted by Gasteiger charge is -2.20. The molecule has 0 aliphatic heterocycles. The monoisotopic (exact) mass is 1200 g/mol. The van der Waals surface area contributed by atoms with Crippen LogP contribution in [0, 0.1) is 0 Å². The second-order valence-corrected chi connectivity index (χ2v) is 27.4. The number of hydrogen-bond acceptors (Lipinski definition) is 5. The summed E-state index contributed by atoms with van der Waals surface area (Å²) in [4.78, 5) is 24.6. The molecular formula is C79H155NO5. The molecule has 0 rings (SSSR count). The van der Waals surface area contributed by atoms with Crippen LogP contribution < -0.4 is 5.32 Å². The van der Waals surface area contributed by atoms with Gasteiger partial charge in [0.05, 0.1) is 25.4 Å². The SMILES string of the molecule is CCCCCCCCCCCCCCCCCCCCCC/C=C/C(O)C(CO)NC(=O)CCCCCCCCCCCCCCCCCCCCCCCCCCCCCCCCCOC(=O)CCCCCCCCCCCCCCCCC. The first-order valence-corrected chi connectivity index (χ1v) is 39.5. The van der Waals surface area contributed by atoms with E-state index in [1.54, 1.807) is 6.08 Å². The third kappa shape index (κ3) is 71.6. The minimum absolute atomic E-state index is 0.0246. The van der Waals surface area contributed by atoms with Gasteiger partial charge in [0.15, 0.2) is 0 Å². The summed E-state index contributed by atoms with van der Waals surface area (Å²) in [6, 6.07) is -0.625. The number of ether oxygens (including phenoxy) is 1. The maximum atomic E-state index is 12.5. The molecule has 2 unspecified atom stereocenters. The topological polar surface area (TPSA) is 95.9 Å². The Balaban J connectivity index is 3.34. The molecule has 6 nitrogen and oxygen atoms in total. The molecule has 3 N–H and O–H groups in total. The van der Waals surface area contributed by atoms with E-state index in [2.05, 4.69) is 19.2 Å². The van der Waals surface area contributed by atoms with Gasteiger partial charge in [0.2, 0.25) is 5.91 Å². The fraction of sp³-hybridized carbons (Fsp3) is 0.949. The lowest BCUT2D eigenvalue weighted by atomic mass is 10.0. The Morgan fingerprint density at radius 2 is 0.541 bits per heavy atom. The van der Waals surface area contributed by atoms with Crippen LogP contribution in [0.25, 0.3) is 0 Å². The quantitative estimate of drug-likeness (QED) is 0.0320. The molecule has 1 amide bonds. The molecule has 0 fully saturated rings. The van der Waals surface area contributed by atoms with Crippen LogP contribution >= 0.6 is 0 Å². The predicted octanol–water partition coefficient (Wildman–Crippen LogP) is 25.9. The van der Waals surface area contributed by atoms with Gasteiger partial charge in [-0.1, -0.05) is 424 Å². The summed E-state index contributed by atoms with van der Waals surface area (Å²) in [6.07, 6.45) is 94.8. The van der Waals surface area contributed by atoms with E-state index in [0.717, 1.165) is 38.5 Å². The Kier molecular flexibility index (Phi) is 73.8. The molecule has 0 aliphatic carbocycles. The number of rotatable bonds is 75. The van der Waals surface area contributed by atoms with Gasteiger partial charge in [-0.3, -0.25) is 9.59 Å². The average Bonchev–Trinajstić information content (AvgIpc) is 3.51. The molecule has 506 valence electrons. The van der Waals surface area contributed by atoms with Crippen LogP contribution in [0.5, 0.6) is 0 Å². The highest BCUT2D eigenvalue weighted by molar-refractivity contribution is 5.76. The molecule has 0 bridgehead atoms. The van der Waals surface area contributed by atoms with Crippen molar-refractivity contribution in [3.63, 3.8) is 0 Å². The molecule has 2 atom stereocenters. The van der Waals surface area contributed by atoms with E-state index in [-0.39, 0.29) is 18.5 Å². The Morgan fingerprint density at radius 1 is 0.318 bits per heavy atom. The Morgan fingerprint density at radius 3 is 0.800 bits per heavy atom. The van der Waals surface area contributed by atoms with Crippen molar-refractivity contribution in [2.75, 3.05) is 13.2 Å². The zero-order valence-corrected chi connectivity index (χ0v) is 58.1. The molecule has 85 heavy (non-hydrogen) atoms. The van der Waals surface area contributed by atoms with Crippen LogP contribution in [-0.2, 0) is 14.3 Å². The van der Waals surface area contributed by atoms with Gasteiger partial charge in [-0.2, -0.15) is 0 Å². The van der Waals surface area contributed by atoms with Crippen molar-refractivity contribution in [3.8, 4) is 0 Å². The molecule has 0 saturated heterocycles. The van der Waals surface area contributed by atoms with E-state index < -0.39 is 12.1 Å². The summed E-state index contributed by atoms with van der Waals surface area (Å²) in [7, 11) is 0. The molecule has 6 heteroatoms. The first-order valence-electron chi connectivity index (χ1n) is 39.5. The van der Waals surface area contributed by atoms with E-state index in [0.29, 0.717) is 19.4 Å². The van der Waals surface area contributed by atoms with E-state index in [9.17, 15) is 19.8 Å². The van der Waals surface area contributed by atoms with Crippen LogP contribution in [-0.4, -0.2) is 47.4 Å². The number of amides is 1. The second-order valence-electron chi connectivity index (χ2n) is 27.4. The van der Waals surface area contributed by atoms with Crippen molar-refractivity contribution >= 4 is 11.9 Å². The molecular weight excluding hydrogens is 1040 g/mol. The van der Waals surface area contributed by atoms with Crippen molar-refractivity contribution < 1.29 is 24.5 Å². The summed E-state index contributed by atoms with van der Waals surface area (Å²) in [5.41, 5.74) is 0. The number of carbonyl (C=O) groups excluding carboxylic acids is 2. The van der Waals surface area contributed by atoms with Gasteiger partial charge in [-0.05, 0) is 32.1 Å². The van der Waals surface area contributed by atoms with Gasteiger partial charge < -0.3 is 20.3 Å². The minimum Gasteiger partial charge on any atom is -0.466 e. The summed E-state index contributed by atoms with van der Waals surface area (Å²) in [5.74, 6) is -0.0338. The standard InChI is InChI=1S/C79H155NO5/c1-3-5-7-9-11-13-15-17-19-20-21-22-34-37-40-44-47-51-55-59-63-67-71-77(82)76(75-81)80-78(83)72-68-64-60-56-52-48-45-41-38-35-32-30-28-26-24-23-25-27-29-31-33-36-39-42-46-50-54-58-62-66-70-74-85-79(84)73-69-65-61-57-53-49-43-18-16-14-12-10-8-6-4-2/h67,71,76-77,81-82H,3-66,68-70,72-75H2,1-2H3,(H,80,83)/b71-67+. The molecule has 0 spiro atoms. The predicted molar refractivity (Wildman–Crippen MR) is 375 cm³/mol. The first-order chi connectivity index (χ1) is 42.0. The highest BCUT2D eigenvalue weighted by Gasteiger charge is 2.18. The van der Waals surface area contributed by atoms with Crippen LogP contribution in [0.1, 0.15) is 457 Å². The fourth-order valence-electron chi connectivity index (χ4n) is 12.8. The Labute approximate surface area is 533 Å². The molecule has 0 aromatic heterocycles. The van der Waals surface area contributed by atoms with Gasteiger partial charge in [0.25, 0.3) is 0 Å². The van der Waals surface area contributed by atoms with E-state index in [4.69, 9.17) is 4.74 Å². The highest BCUT2D eigenvalue weighted by Crippen LogP contribution is 2.20. The minimum atomic E-state index is -0.842. The van der Waals surface area contributed by atoms with Crippen molar-refractivity contribution in [2.24, 2.45) is 0 Å². The number of allylic oxidation sites excluding steroid dienone is 1. The smallest absolute Gasteiger partial charge is 0.305 e. The normalized spacial score (nSPS) is 12.5. The van der Waals surface area contributed by atoms with Gasteiger partial charge in [0.1, 0.15) is 0 Å². The van der Waals surface area contributed by atoms with E-state index in [1.165, 1.54) is 392 Å². The molecule has 0 heterocycles. The molecule has 0 aromatic rings. The van der Waals surface area contributed by atoms with Gasteiger partial charge in [-0.25, -0.2) is 0 Å². The Bertz CT molecular complexity index is 1290. The number of aliphatic hydroxyl groups excluding tert-OH is 2.